The van der Waals surface area contributed by atoms with Crippen molar-refractivity contribution in [3.63, 3.8) is 0 Å². The van der Waals surface area contributed by atoms with Crippen molar-refractivity contribution in [2.24, 2.45) is 5.41 Å². The maximum atomic E-state index is 13.3. The Morgan fingerprint density at radius 2 is 2.17 bits per heavy atom. The van der Waals surface area contributed by atoms with Crippen LogP contribution in [0.4, 0.5) is 15.9 Å². The molecule has 1 aromatic heterocycles. The normalized spacial score (nSPS) is 20.7. The van der Waals surface area contributed by atoms with E-state index in [1.54, 1.807) is 18.5 Å². The molecule has 1 N–H and O–H groups in total. The molecule has 1 atom stereocenters. The molecular formula is C18H21FN4O. The average molecular weight is 328 g/mol. The molecule has 1 unspecified atom stereocenters. The van der Waals surface area contributed by atoms with E-state index in [1.807, 2.05) is 19.9 Å². The largest absolute Gasteiger partial charge is 0.355 e. The first-order valence-electron chi connectivity index (χ1n) is 8.07. The molecule has 1 amide bonds. The number of hydrogen-bond donors (Lipinski definition) is 1. The SMILES string of the molecule is Cc1cc(N2CCCC(C)(C(=O)Nc3cccc(F)c3)C2)ncn1. The summed E-state index contributed by atoms with van der Waals surface area (Å²) in [7, 11) is 0. The first kappa shape index (κ1) is 16.4. The molecule has 5 nitrogen and oxygen atoms in total. The molecule has 0 bridgehead atoms. The van der Waals surface area contributed by atoms with E-state index < -0.39 is 5.41 Å². The van der Waals surface area contributed by atoms with Gasteiger partial charge < -0.3 is 10.2 Å². The van der Waals surface area contributed by atoms with Gasteiger partial charge in [0.2, 0.25) is 5.91 Å². The van der Waals surface area contributed by atoms with Crippen molar-refractivity contribution in [3.05, 3.63) is 48.2 Å². The summed E-state index contributed by atoms with van der Waals surface area (Å²) in [4.78, 5) is 23.3. The predicted octanol–water partition coefficient (Wildman–Crippen LogP) is 3.17. The van der Waals surface area contributed by atoms with Crippen LogP contribution in [-0.2, 0) is 4.79 Å². The first-order valence-corrected chi connectivity index (χ1v) is 8.07. The lowest BCUT2D eigenvalue weighted by atomic mass is 9.81. The summed E-state index contributed by atoms with van der Waals surface area (Å²) in [6.45, 7) is 5.30. The Hall–Kier alpha value is -2.50. The number of aromatic nitrogens is 2. The quantitative estimate of drug-likeness (QED) is 0.940. The Bertz CT molecular complexity index is 751. The number of rotatable bonds is 3. The zero-order chi connectivity index (χ0) is 17.2. The number of piperidine rings is 1. The van der Waals surface area contributed by atoms with Crippen molar-refractivity contribution in [1.82, 2.24) is 9.97 Å². The van der Waals surface area contributed by atoms with Gasteiger partial charge in [0.1, 0.15) is 18.0 Å². The highest BCUT2D eigenvalue weighted by Crippen LogP contribution is 2.33. The zero-order valence-electron chi connectivity index (χ0n) is 13.9. The lowest BCUT2D eigenvalue weighted by Gasteiger charge is -2.39. The van der Waals surface area contributed by atoms with Gasteiger partial charge >= 0.3 is 0 Å². The van der Waals surface area contributed by atoms with Crippen LogP contribution in [0.25, 0.3) is 0 Å². The van der Waals surface area contributed by atoms with Gasteiger partial charge in [-0.05, 0) is 44.9 Å². The number of aryl methyl sites for hydroxylation is 1. The highest BCUT2D eigenvalue weighted by Gasteiger charge is 2.38. The van der Waals surface area contributed by atoms with Crippen molar-refractivity contribution in [2.75, 3.05) is 23.3 Å². The third-order valence-electron chi connectivity index (χ3n) is 4.44. The van der Waals surface area contributed by atoms with Crippen molar-refractivity contribution in [2.45, 2.75) is 26.7 Å². The van der Waals surface area contributed by atoms with Crippen LogP contribution in [0.3, 0.4) is 0 Å². The van der Waals surface area contributed by atoms with Gasteiger partial charge in [-0.15, -0.1) is 0 Å². The Balaban J connectivity index is 1.75. The summed E-state index contributed by atoms with van der Waals surface area (Å²) < 4.78 is 13.3. The van der Waals surface area contributed by atoms with E-state index in [-0.39, 0.29) is 11.7 Å². The van der Waals surface area contributed by atoms with E-state index in [1.165, 1.54) is 12.1 Å². The minimum Gasteiger partial charge on any atom is -0.355 e. The number of hydrogen-bond acceptors (Lipinski definition) is 4. The number of nitrogens with zero attached hydrogens (tertiary/aromatic N) is 3. The van der Waals surface area contributed by atoms with Gasteiger partial charge in [0.05, 0.1) is 5.41 Å². The standard InChI is InChI=1S/C18H21FN4O/c1-13-9-16(21-12-20-13)23-8-4-7-18(2,11-23)17(24)22-15-6-3-5-14(19)10-15/h3,5-6,9-10,12H,4,7-8,11H2,1-2H3,(H,22,24). The van der Waals surface area contributed by atoms with Gasteiger partial charge in [-0.1, -0.05) is 6.07 Å². The topological polar surface area (TPSA) is 58.1 Å². The number of halogens is 1. The van der Waals surface area contributed by atoms with Crippen LogP contribution in [0.15, 0.2) is 36.7 Å². The fourth-order valence-corrected chi connectivity index (χ4v) is 3.08. The lowest BCUT2D eigenvalue weighted by molar-refractivity contribution is -0.125. The highest BCUT2D eigenvalue weighted by molar-refractivity contribution is 5.95. The molecule has 0 spiro atoms. The van der Waals surface area contributed by atoms with Gasteiger partial charge in [0.25, 0.3) is 0 Å². The maximum absolute atomic E-state index is 13.3. The third kappa shape index (κ3) is 3.53. The van der Waals surface area contributed by atoms with Crippen LogP contribution < -0.4 is 10.2 Å². The molecule has 1 aromatic carbocycles. The molecule has 1 saturated heterocycles. The molecule has 1 aliphatic rings. The Morgan fingerprint density at radius 1 is 1.33 bits per heavy atom. The summed E-state index contributed by atoms with van der Waals surface area (Å²) in [5.41, 5.74) is 0.830. The van der Waals surface area contributed by atoms with E-state index in [2.05, 4.69) is 20.2 Å². The summed E-state index contributed by atoms with van der Waals surface area (Å²) >= 11 is 0. The van der Waals surface area contributed by atoms with E-state index in [4.69, 9.17) is 0 Å². The second kappa shape index (κ2) is 6.55. The molecular weight excluding hydrogens is 307 g/mol. The van der Waals surface area contributed by atoms with Gasteiger partial charge in [-0.3, -0.25) is 4.79 Å². The third-order valence-corrected chi connectivity index (χ3v) is 4.44. The molecule has 1 fully saturated rings. The summed E-state index contributed by atoms with van der Waals surface area (Å²) in [5, 5.41) is 2.84. The Kier molecular flexibility index (Phi) is 4.46. The molecule has 24 heavy (non-hydrogen) atoms. The van der Waals surface area contributed by atoms with Gasteiger partial charge in [-0.2, -0.15) is 0 Å². The second-order valence-corrected chi connectivity index (χ2v) is 6.57. The van der Waals surface area contributed by atoms with Crippen LogP contribution in [0.5, 0.6) is 0 Å². The van der Waals surface area contributed by atoms with Crippen LogP contribution in [0.1, 0.15) is 25.5 Å². The molecule has 6 heteroatoms. The fraction of sp³-hybridized carbons (Fsp3) is 0.389. The molecule has 0 saturated carbocycles. The fourth-order valence-electron chi connectivity index (χ4n) is 3.08. The second-order valence-electron chi connectivity index (χ2n) is 6.57. The van der Waals surface area contributed by atoms with Gasteiger partial charge in [-0.25, -0.2) is 14.4 Å². The first-order chi connectivity index (χ1) is 11.5. The van der Waals surface area contributed by atoms with Gasteiger partial charge in [0, 0.05) is 30.5 Å². The molecule has 0 radical (unpaired) electrons. The summed E-state index contributed by atoms with van der Waals surface area (Å²) in [6, 6.07) is 7.89. The van der Waals surface area contributed by atoms with Crippen molar-refractivity contribution >= 4 is 17.4 Å². The Labute approximate surface area is 140 Å². The lowest BCUT2D eigenvalue weighted by Crippen LogP contribution is -2.48. The molecule has 2 heterocycles. The maximum Gasteiger partial charge on any atom is 0.232 e. The van der Waals surface area contributed by atoms with Crippen LogP contribution >= 0.6 is 0 Å². The van der Waals surface area contributed by atoms with E-state index in [0.29, 0.717) is 12.2 Å². The number of benzene rings is 1. The molecule has 2 aromatic rings. The van der Waals surface area contributed by atoms with Crippen molar-refractivity contribution < 1.29 is 9.18 Å². The van der Waals surface area contributed by atoms with Gasteiger partial charge in [0.15, 0.2) is 0 Å². The number of anilines is 2. The molecule has 3 rings (SSSR count). The zero-order valence-corrected chi connectivity index (χ0v) is 13.9. The average Bonchev–Trinajstić information content (AvgIpc) is 2.55. The van der Waals surface area contributed by atoms with Crippen LogP contribution in [-0.4, -0.2) is 29.0 Å². The highest BCUT2D eigenvalue weighted by atomic mass is 19.1. The smallest absolute Gasteiger partial charge is 0.232 e. The van der Waals surface area contributed by atoms with Crippen LogP contribution in [0, 0.1) is 18.2 Å². The number of carbonyl (C=O) groups is 1. The Morgan fingerprint density at radius 3 is 2.92 bits per heavy atom. The summed E-state index contributed by atoms with van der Waals surface area (Å²) in [5.74, 6) is 0.384. The molecule has 126 valence electrons. The monoisotopic (exact) mass is 328 g/mol. The number of amides is 1. The van der Waals surface area contributed by atoms with Crippen LogP contribution in [0.2, 0.25) is 0 Å². The van der Waals surface area contributed by atoms with Crippen molar-refractivity contribution in [1.29, 1.82) is 0 Å². The van der Waals surface area contributed by atoms with E-state index in [9.17, 15) is 9.18 Å². The number of nitrogens with one attached hydrogen (secondary N) is 1. The molecule has 1 aliphatic heterocycles. The van der Waals surface area contributed by atoms with Crippen molar-refractivity contribution in [3.8, 4) is 0 Å². The minimum atomic E-state index is -0.552. The number of carbonyl (C=O) groups excluding carboxylic acids is 1. The summed E-state index contributed by atoms with van der Waals surface area (Å²) in [6.07, 6.45) is 3.23. The van der Waals surface area contributed by atoms with E-state index in [0.717, 1.165) is 30.9 Å². The molecule has 0 aliphatic carbocycles. The van der Waals surface area contributed by atoms with E-state index >= 15 is 0 Å². The predicted molar refractivity (Wildman–Crippen MR) is 91.4 cm³/mol. The minimum absolute atomic E-state index is 0.0939.